The van der Waals surface area contributed by atoms with Crippen molar-refractivity contribution in [1.82, 2.24) is 19.9 Å². The maximum atomic E-state index is 14.2. The summed E-state index contributed by atoms with van der Waals surface area (Å²) in [6, 6.07) is 2.03. The van der Waals surface area contributed by atoms with E-state index in [1.54, 1.807) is 0 Å². The van der Waals surface area contributed by atoms with Crippen LogP contribution in [0.5, 0.6) is 0 Å². The first-order valence-corrected chi connectivity index (χ1v) is 8.86. The van der Waals surface area contributed by atoms with Crippen LogP contribution < -0.4 is 0 Å². The number of carbonyl (C=O) groups is 2. The van der Waals surface area contributed by atoms with Crippen molar-refractivity contribution >= 4 is 11.9 Å². The van der Waals surface area contributed by atoms with Crippen LogP contribution in [-0.2, 0) is 35.6 Å². The third kappa shape index (κ3) is 5.30. The predicted octanol–water partition coefficient (Wildman–Crippen LogP) is 2.53. The Morgan fingerprint density at radius 2 is 1.72 bits per heavy atom. The van der Waals surface area contributed by atoms with Crippen LogP contribution in [0.15, 0.2) is 18.3 Å². The summed E-state index contributed by atoms with van der Waals surface area (Å²) in [4.78, 5) is 24.1. The van der Waals surface area contributed by atoms with E-state index in [0.29, 0.717) is 11.1 Å². The highest BCUT2D eigenvalue weighted by molar-refractivity contribution is 5.77. The highest BCUT2D eigenvalue weighted by atomic mass is 19.3. The second-order valence-electron chi connectivity index (χ2n) is 6.94. The topological polar surface area (TPSA) is 88.3 Å². The van der Waals surface area contributed by atoms with E-state index in [-0.39, 0.29) is 31.6 Å². The number of carbonyl (C=O) groups excluding carboxylic acids is 1. The molecule has 1 aromatic heterocycles. The molecule has 7 nitrogen and oxygen atoms in total. The number of benzene rings is 1. The van der Waals surface area contributed by atoms with Crippen molar-refractivity contribution in [3.63, 3.8) is 0 Å². The Balaban J connectivity index is 1.51. The number of alkyl halides is 2. The number of nitrogens with zero attached hydrogens (tertiary/aromatic N) is 4. The molecule has 0 unspecified atom stereocenters. The number of halogens is 4. The van der Waals surface area contributed by atoms with Crippen LogP contribution in [0, 0.1) is 11.6 Å². The number of hydrogen-bond donors (Lipinski definition) is 1. The Morgan fingerprint density at radius 1 is 1.10 bits per heavy atom. The van der Waals surface area contributed by atoms with Gasteiger partial charge in [0, 0.05) is 38.5 Å². The summed E-state index contributed by atoms with van der Waals surface area (Å²) < 4.78 is 55.9. The molecule has 1 N–H and O–H groups in total. The zero-order valence-corrected chi connectivity index (χ0v) is 15.2. The normalized spacial score (nSPS) is 13.6. The third-order valence-electron chi connectivity index (χ3n) is 4.60. The maximum Gasteiger partial charge on any atom is 0.303 e. The third-order valence-corrected chi connectivity index (χ3v) is 4.60. The average molecular weight is 414 g/mol. The largest absolute Gasteiger partial charge is 0.481 e. The quantitative estimate of drug-likeness (QED) is 0.671. The molecule has 2 heterocycles. The smallest absolute Gasteiger partial charge is 0.303 e. The summed E-state index contributed by atoms with van der Waals surface area (Å²) in [5.74, 6) is -6.83. The fraction of sp³-hybridized carbons (Fsp3) is 0.444. The molecular weight excluding hydrogens is 396 g/mol. The van der Waals surface area contributed by atoms with Gasteiger partial charge in [-0.3, -0.25) is 9.59 Å². The standard InChI is InChI=1S/C18H18F4N4O3/c19-14-5-11-7-25(8-12(11)6-15(14)20)16(27)3-4-18(21,22)10-26-9-13(23-24-26)1-2-17(28)29/h5-6,9H,1-4,7-8,10H2,(H,28,29). The van der Waals surface area contributed by atoms with Gasteiger partial charge in [0.25, 0.3) is 5.92 Å². The van der Waals surface area contributed by atoms with Crippen molar-refractivity contribution in [1.29, 1.82) is 0 Å². The van der Waals surface area contributed by atoms with Gasteiger partial charge in [-0.05, 0) is 23.3 Å². The second-order valence-corrected chi connectivity index (χ2v) is 6.94. The average Bonchev–Trinajstić information content (AvgIpc) is 3.24. The van der Waals surface area contributed by atoms with Crippen LogP contribution >= 0.6 is 0 Å². The summed E-state index contributed by atoms with van der Waals surface area (Å²) in [6.07, 6.45) is -0.0250. The lowest BCUT2D eigenvalue weighted by molar-refractivity contribution is -0.137. The molecule has 2 aromatic rings. The van der Waals surface area contributed by atoms with E-state index in [0.717, 1.165) is 16.8 Å². The van der Waals surface area contributed by atoms with Gasteiger partial charge in [0.05, 0.1) is 12.1 Å². The molecule has 1 amide bonds. The molecule has 0 saturated heterocycles. The van der Waals surface area contributed by atoms with Gasteiger partial charge in [-0.1, -0.05) is 5.21 Å². The van der Waals surface area contributed by atoms with Gasteiger partial charge in [0.1, 0.15) is 6.54 Å². The van der Waals surface area contributed by atoms with Gasteiger partial charge in [-0.15, -0.1) is 5.10 Å². The first-order valence-electron chi connectivity index (χ1n) is 8.86. The monoisotopic (exact) mass is 414 g/mol. The molecule has 0 aliphatic carbocycles. The molecule has 11 heteroatoms. The number of carboxylic acid groups (broad SMARTS) is 1. The number of fused-ring (bicyclic) bond motifs is 1. The van der Waals surface area contributed by atoms with E-state index in [1.165, 1.54) is 11.1 Å². The number of amides is 1. The minimum atomic E-state index is -3.24. The van der Waals surface area contributed by atoms with Crippen LogP contribution in [0.3, 0.4) is 0 Å². The second kappa shape index (κ2) is 8.18. The molecule has 0 saturated carbocycles. The SMILES string of the molecule is O=C(O)CCc1cn(CC(F)(F)CCC(=O)N2Cc3cc(F)c(F)cc3C2)nn1. The van der Waals surface area contributed by atoms with Crippen LogP contribution in [0.25, 0.3) is 0 Å². The van der Waals surface area contributed by atoms with Gasteiger partial charge in [0.15, 0.2) is 11.6 Å². The molecule has 29 heavy (non-hydrogen) atoms. The number of carboxylic acids is 1. The fourth-order valence-corrected chi connectivity index (χ4v) is 3.10. The number of rotatable bonds is 8. The van der Waals surface area contributed by atoms with E-state index in [4.69, 9.17) is 5.11 Å². The first-order chi connectivity index (χ1) is 13.6. The highest BCUT2D eigenvalue weighted by Crippen LogP contribution is 2.28. The van der Waals surface area contributed by atoms with E-state index in [2.05, 4.69) is 10.3 Å². The molecule has 1 aliphatic heterocycles. The summed E-state index contributed by atoms with van der Waals surface area (Å²) in [7, 11) is 0. The maximum absolute atomic E-state index is 14.2. The number of aryl methyl sites for hydroxylation is 1. The number of aliphatic carboxylic acids is 1. The Labute approximate surface area is 162 Å². The Morgan fingerprint density at radius 3 is 2.31 bits per heavy atom. The van der Waals surface area contributed by atoms with E-state index < -0.39 is 48.8 Å². The Kier molecular flexibility index (Phi) is 5.85. The molecule has 1 aliphatic rings. The lowest BCUT2D eigenvalue weighted by Crippen LogP contribution is -2.30. The zero-order chi connectivity index (χ0) is 21.2. The molecule has 0 atom stereocenters. The van der Waals surface area contributed by atoms with Crippen LogP contribution in [0.2, 0.25) is 0 Å². The Bertz CT molecular complexity index is 901. The lowest BCUT2D eigenvalue weighted by Gasteiger charge is -2.19. The predicted molar refractivity (Wildman–Crippen MR) is 90.8 cm³/mol. The molecule has 156 valence electrons. The molecule has 0 fully saturated rings. The number of aromatic nitrogens is 3. The van der Waals surface area contributed by atoms with Crippen molar-refractivity contribution in [2.75, 3.05) is 0 Å². The minimum absolute atomic E-state index is 0.0486. The van der Waals surface area contributed by atoms with Crippen molar-refractivity contribution in [3.05, 3.63) is 46.8 Å². The zero-order valence-electron chi connectivity index (χ0n) is 15.2. The van der Waals surface area contributed by atoms with Gasteiger partial charge >= 0.3 is 5.97 Å². The van der Waals surface area contributed by atoms with Gasteiger partial charge in [-0.25, -0.2) is 22.2 Å². The molecule has 3 rings (SSSR count). The van der Waals surface area contributed by atoms with Crippen molar-refractivity contribution in [2.45, 2.75) is 51.2 Å². The van der Waals surface area contributed by atoms with Crippen molar-refractivity contribution in [2.24, 2.45) is 0 Å². The first kappa shape index (κ1) is 20.7. The molecule has 1 aromatic carbocycles. The van der Waals surface area contributed by atoms with Crippen LogP contribution in [0.4, 0.5) is 17.6 Å². The summed E-state index contributed by atoms with van der Waals surface area (Å²) >= 11 is 0. The molecular formula is C18H18F4N4O3. The van der Waals surface area contributed by atoms with Gasteiger partial charge < -0.3 is 10.0 Å². The summed E-state index contributed by atoms with van der Waals surface area (Å²) in [5.41, 5.74) is 1.20. The summed E-state index contributed by atoms with van der Waals surface area (Å²) in [6.45, 7) is -0.698. The minimum Gasteiger partial charge on any atom is -0.481 e. The van der Waals surface area contributed by atoms with Crippen LogP contribution in [-0.4, -0.2) is 42.8 Å². The van der Waals surface area contributed by atoms with Crippen LogP contribution in [0.1, 0.15) is 36.1 Å². The lowest BCUT2D eigenvalue weighted by atomic mass is 10.1. The Hall–Kier alpha value is -2.98. The van der Waals surface area contributed by atoms with Gasteiger partial charge in [-0.2, -0.15) is 0 Å². The molecule has 0 radical (unpaired) electrons. The van der Waals surface area contributed by atoms with E-state index >= 15 is 0 Å². The van der Waals surface area contributed by atoms with E-state index in [1.807, 2.05) is 0 Å². The summed E-state index contributed by atoms with van der Waals surface area (Å²) in [5, 5.41) is 15.8. The van der Waals surface area contributed by atoms with E-state index in [9.17, 15) is 27.2 Å². The van der Waals surface area contributed by atoms with Gasteiger partial charge in [0.2, 0.25) is 5.91 Å². The molecule has 0 spiro atoms. The molecule has 0 bridgehead atoms. The van der Waals surface area contributed by atoms with Crippen molar-refractivity contribution in [3.8, 4) is 0 Å². The number of hydrogen-bond acceptors (Lipinski definition) is 4. The highest BCUT2D eigenvalue weighted by Gasteiger charge is 2.33. The van der Waals surface area contributed by atoms with Crippen molar-refractivity contribution < 1.29 is 32.3 Å². The fourth-order valence-electron chi connectivity index (χ4n) is 3.10.